The lowest BCUT2D eigenvalue weighted by atomic mass is 10.1. The van der Waals surface area contributed by atoms with Crippen LogP contribution in [0.3, 0.4) is 0 Å². The summed E-state index contributed by atoms with van der Waals surface area (Å²) in [6, 6.07) is -2.25. The lowest BCUT2D eigenvalue weighted by molar-refractivity contribution is -0.572. The van der Waals surface area contributed by atoms with E-state index in [0.717, 1.165) is 25.7 Å². The zero-order valence-corrected chi connectivity index (χ0v) is 22.2. The Kier molecular flexibility index (Phi) is 31.7. The number of rotatable bonds is 18. The number of carboxylic acids is 4. The van der Waals surface area contributed by atoms with Gasteiger partial charge in [-0.2, -0.15) is 0 Å². The van der Waals surface area contributed by atoms with Crippen molar-refractivity contribution in [2.75, 3.05) is 6.54 Å². The third-order valence-electron chi connectivity index (χ3n) is 4.50. The van der Waals surface area contributed by atoms with Gasteiger partial charge in [0, 0.05) is 56.2 Å². The minimum atomic E-state index is -2.32. The van der Waals surface area contributed by atoms with Crippen LogP contribution in [0.5, 0.6) is 0 Å². The van der Waals surface area contributed by atoms with Crippen LogP contribution in [0.4, 0.5) is 0 Å². The second-order valence-electron chi connectivity index (χ2n) is 8.14. The van der Waals surface area contributed by atoms with Crippen LogP contribution in [0.25, 0.3) is 0 Å². The number of carbonyl (C=O) groups is 6. The van der Waals surface area contributed by atoms with Crippen LogP contribution < -0.4 is 53.6 Å². The summed E-state index contributed by atoms with van der Waals surface area (Å²) in [7, 11) is 0. The Hall–Kier alpha value is -3.10. The standard InChI is InChI=1S/C6H14N2O2.C6H11NO3.C5H10NO4.C5H7O5/c7-4-2-1-3-5(8)6(9)10;7-5(6(9)10)3-1-2-4-8;2*6-3(5(9)10)1-2-4(7)8/h5H,1-4,7-8H2,(H,9,10);4-5H,1-3,7H2,(H,9,10);3,5,9H,1-2,6H2,(H,7,8);5,9H,1-2H2,(H,7,8)/q;;2*-1/p-1/t2*5-;;5-/m00.1/s1. The maximum absolute atomic E-state index is 10.2. The number of aliphatic hydroxyl groups excluding tert-OH is 2. The number of Topliss-reactive ketones (excluding diaryl/α,β-unsaturated/α-hetero) is 1. The predicted molar refractivity (Wildman–Crippen MR) is 118 cm³/mol. The lowest BCUT2D eigenvalue weighted by Gasteiger charge is -2.19. The molecular weight excluding hydrogens is 544 g/mol. The number of hydrogen-bond acceptors (Lipinski definition) is 15. The quantitative estimate of drug-likeness (QED) is 0.0493. The highest BCUT2D eigenvalue weighted by Crippen LogP contribution is 1.96. The van der Waals surface area contributed by atoms with Gasteiger partial charge in [-0.05, 0) is 38.5 Å². The van der Waals surface area contributed by atoms with Crippen molar-refractivity contribution >= 4 is 35.9 Å². The number of unbranched alkanes of at least 4 members (excludes halogenated alkanes) is 2. The number of hydrogen-bond donors (Lipinski definition) is 6. The Morgan fingerprint density at radius 1 is 0.775 bits per heavy atom. The Morgan fingerprint density at radius 3 is 1.65 bits per heavy atom. The summed E-state index contributed by atoms with van der Waals surface area (Å²) in [6.07, 6.45) is -0.879. The summed E-state index contributed by atoms with van der Waals surface area (Å²) in [5, 5.41) is 75.8. The first-order chi connectivity index (χ1) is 18.4. The molecule has 13 N–H and O–H groups in total. The fourth-order valence-electron chi connectivity index (χ4n) is 2.02. The van der Waals surface area contributed by atoms with Crippen LogP contribution >= 0.6 is 0 Å². The molecule has 2 unspecified atom stereocenters. The average molecular weight is 586 g/mol. The fourth-order valence-corrected chi connectivity index (χ4v) is 2.02. The van der Waals surface area contributed by atoms with Crippen LogP contribution in [0, 0.1) is 0 Å². The Balaban J connectivity index is -0.000000216. The largest absolute Gasteiger partial charge is 0.827 e. The van der Waals surface area contributed by atoms with Gasteiger partial charge >= 0.3 is 0 Å². The molecule has 0 aromatic heterocycles. The van der Waals surface area contributed by atoms with Crippen LogP contribution in [0.1, 0.15) is 64.2 Å². The van der Waals surface area contributed by atoms with Gasteiger partial charge in [-0.25, -0.2) is 0 Å². The van der Waals surface area contributed by atoms with Gasteiger partial charge in [0.2, 0.25) is 0 Å². The third kappa shape index (κ3) is 37.1. The molecule has 18 nitrogen and oxygen atoms in total. The first kappa shape index (κ1) is 43.9. The van der Waals surface area contributed by atoms with Crippen LogP contribution in [0.15, 0.2) is 0 Å². The van der Waals surface area contributed by atoms with Gasteiger partial charge in [-0.15, -0.1) is 0 Å². The van der Waals surface area contributed by atoms with Crippen molar-refractivity contribution < 1.29 is 86.8 Å². The van der Waals surface area contributed by atoms with E-state index in [1.165, 1.54) is 0 Å². The predicted octanol–water partition coefficient (Wildman–Crippen LogP) is -12.2. The molecule has 0 bridgehead atoms. The van der Waals surface area contributed by atoms with Crippen molar-refractivity contribution in [2.24, 2.45) is 5.73 Å². The summed E-state index contributed by atoms with van der Waals surface area (Å²) in [5.41, 5.74) is 15.4. The molecule has 0 aromatic carbocycles. The van der Waals surface area contributed by atoms with E-state index in [1.807, 2.05) is 0 Å². The molecular formula is C22H41N4O14-3. The molecule has 40 heavy (non-hydrogen) atoms. The summed E-state index contributed by atoms with van der Waals surface area (Å²) >= 11 is 0. The SMILES string of the molecule is N[C@@H](CCCC=O)C(=O)[O-].O=C([O-])CCC(=O)[C@@H]([O-])O.[NH3+]C(CCC(=O)[O-])C([O-])O.[NH3+]CCCC[C@H]([NH3+])C(=O)[O-]. The van der Waals surface area contributed by atoms with Gasteiger partial charge < -0.3 is 87.8 Å². The number of quaternary nitrogens is 3. The number of aliphatic carboxylic acids is 4. The van der Waals surface area contributed by atoms with E-state index in [4.69, 9.17) is 15.9 Å². The minimum Gasteiger partial charge on any atom is -0.827 e. The normalized spacial score (nSPS) is 13.6. The highest BCUT2D eigenvalue weighted by molar-refractivity contribution is 5.83. The monoisotopic (exact) mass is 585 g/mol. The van der Waals surface area contributed by atoms with Crippen molar-refractivity contribution in [3.63, 3.8) is 0 Å². The second kappa shape index (κ2) is 28.9. The molecule has 5 atom stereocenters. The number of ketones is 1. The van der Waals surface area contributed by atoms with Crippen molar-refractivity contribution in [2.45, 2.75) is 94.9 Å². The number of aldehydes is 1. The molecule has 18 heteroatoms. The zero-order valence-electron chi connectivity index (χ0n) is 22.2. The minimum absolute atomic E-state index is 0.0625. The van der Waals surface area contributed by atoms with E-state index < -0.39 is 73.2 Å². The van der Waals surface area contributed by atoms with Crippen LogP contribution in [-0.4, -0.2) is 83.4 Å². The molecule has 0 saturated carbocycles. The number of carboxylic acid groups (broad SMARTS) is 4. The molecule has 0 radical (unpaired) electrons. The molecule has 0 heterocycles. The smallest absolute Gasteiger partial charge is 0.145 e. The molecule has 0 aliphatic rings. The van der Waals surface area contributed by atoms with Gasteiger partial charge in [0.15, 0.2) is 0 Å². The Morgan fingerprint density at radius 2 is 1.30 bits per heavy atom. The molecule has 0 aromatic rings. The third-order valence-corrected chi connectivity index (χ3v) is 4.50. The first-order valence-electron chi connectivity index (χ1n) is 12.1. The number of carbonyl (C=O) groups excluding carboxylic acids is 6. The van der Waals surface area contributed by atoms with E-state index in [2.05, 4.69) is 17.2 Å². The summed E-state index contributed by atoms with van der Waals surface area (Å²) in [6.45, 7) is 0.861. The molecule has 236 valence electrons. The summed E-state index contributed by atoms with van der Waals surface area (Å²) < 4.78 is 0. The molecule has 0 rings (SSSR count). The van der Waals surface area contributed by atoms with Gasteiger partial charge in [0.05, 0.1) is 24.5 Å². The van der Waals surface area contributed by atoms with Crippen LogP contribution in [-0.2, 0) is 28.8 Å². The molecule has 0 fully saturated rings. The molecule has 0 aliphatic heterocycles. The number of nitrogens with two attached hydrogens (primary N) is 1. The van der Waals surface area contributed by atoms with E-state index in [9.17, 15) is 59.4 Å². The topological polar surface area (TPSA) is 390 Å². The van der Waals surface area contributed by atoms with Crippen molar-refractivity contribution in [1.29, 1.82) is 0 Å². The van der Waals surface area contributed by atoms with Gasteiger partial charge in [0.25, 0.3) is 0 Å². The molecule has 0 aliphatic carbocycles. The Bertz CT molecular complexity index is 722. The highest BCUT2D eigenvalue weighted by Gasteiger charge is 2.07. The Labute approximate surface area is 230 Å². The van der Waals surface area contributed by atoms with Crippen LogP contribution in [0.2, 0.25) is 0 Å². The maximum atomic E-state index is 10.2. The van der Waals surface area contributed by atoms with E-state index in [-0.39, 0.29) is 12.8 Å². The zero-order chi connectivity index (χ0) is 32.3. The molecule has 0 amide bonds. The lowest BCUT2D eigenvalue weighted by Crippen LogP contribution is -2.69. The molecule has 0 spiro atoms. The van der Waals surface area contributed by atoms with Gasteiger partial charge in [-0.3, -0.25) is 4.79 Å². The van der Waals surface area contributed by atoms with E-state index >= 15 is 0 Å². The fraction of sp³-hybridized carbons (Fsp3) is 0.727. The van der Waals surface area contributed by atoms with Crippen molar-refractivity contribution in [3.05, 3.63) is 0 Å². The summed E-state index contributed by atoms with van der Waals surface area (Å²) in [4.78, 5) is 59.5. The summed E-state index contributed by atoms with van der Waals surface area (Å²) in [5.74, 6) is -5.97. The van der Waals surface area contributed by atoms with E-state index in [1.54, 1.807) is 0 Å². The molecule has 0 saturated heterocycles. The van der Waals surface area contributed by atoms with Gasteiger partial charge in [0.1, 0.15) is 18.1 Å². The van der Waals surface area contributed by atoms with Gasteiger partial charge in [-0.1, -0.05) is 0 Å². The maximum Gasteiger partial charge on any atom is 0.145 e. The number of aliphatic hydroxyl groups is 2. The first-order valence-corrected chi connectivity index (χ1v) is 12.1. The average Bonchev–Trinajstić information content (AvgIpc) is 2.86. The van der Waals surface area contributed by atoms with Crippen molar-refractivity contribution in [1.82, 2.24) is 0 Å². The second-order valence-corrected chi connectivity index (χ2v) is 8.14. The van der Waals surface area contributed by atoms with E-state index in [0.29, 0.717) is 25.7 Å². The highest BCUT2D eigenvalue weighted by atomic mass is 16.5. The van der Waals surface area contributed by atoms with Crippen molar-refractivity contribution in [3.8, 4) is 0 Å².